The van der Waals surface area contributed by atoms with Crippen LogP contribution < -0.4 is 0 Å². The van der Waals surface area contributed by atoms with Crippen molar-refractivity contribution in [3.8, 4) is 0 Å². The highest BCUT2D eigenvalue weighted by molar-refractivity contribution is 5.32. The number of rotatable bonds is 4. The zero-order chi connectivity index (χ0) is 15.1. The van der Waals surface area contributed by atoms with E-state index >= 15 is 0 Å². The zero-order valence-corrected chi connectivity index (χ0v) is 12.3. The Morgan fingerprint density at radius 3 is 1.76 bits per heavy atom. The summed E-state index contributed by atoms with van der Waals surface area (Å²) in [5.41, 5.74) is 2.70. The van der Waals surface area contributed by atoms with Crippen molar-refractivity contribution in [1.29, 1.82) is 0 Å². The van der Waals surface area contributed by atoms with Gasteiger partial charge in [0.25, 0.3) is 0 Å². The summed E-state index contributed by atoms with van der Waals surface area (Å²) in [4.78, 5) is 10.5. The van der Waals surface area contributed by atoms with Crippen LogP contribution in [0.2, 0.25) is 0 Å². The predicted molar refractivity (Wildman–Crippen MR) is 84.2 cm³/mol. The number of hydrogen-bond donors (Lipinski definition) is 0. The minimum atomic E-state index is 0.341. The summed E-state index contributed by atoms with van der Waals surface area (Å²) < 4.78 is 5.40. The van der Waals surface area contributed by atoms with Crippen LogP contribution in [0.1, 0.15) is 17.2 Å². The minimum absolute atomic E-state index is 0.341. The minimum Gasteiger partial charge on any atom is -0.379 e. The van der Waals surface area contributed by atoms with Crippen LogP contribution in [0, 0.1) is 0 Å². The average Bonchev–Trinajstić information content (AvgIpc) is 2.54. The van der Waals surface area contributed by atoms with Crippen LogP contribution >= 0.6 is 0 Å². The first kappa shape index (κ1) is 15.4. The summed E-state index contributed by atoms with van der Waals surface area (Å²) in [5, 5.41) is 0. The summed E-state index contributed by atoms with van der Waals surface area (Å²) in [6.07, 6.45) is 0.384. The van der Waals surface area contributed by atoms with Crippen molar-refractivity contribution in [1.82, 2.24) is 4.90 Å². The molecule has 1 aliphatic rings. The predicted octanol–water partition coefficient (Wildman–Crippen LogP) is 2.92. The van der Waals surface area contributed by atoms with E-state index in [9.17, 15) is 0 Å². The molecule has 3 nitrogen and oxygen atoms in total. The maximum atomic E-state index is 8.00. The van der Waals surface area contributed by atoms with E-state index in [1.165, 1.54) is 11.1 Å². The van der Waals surface area contributed by atoms with Crippen molar-refractivity contribution in [2.75, 3.05) is 20.2 Å². The van der Waals surface area contributed by atoms with Gasteiger partial charge in [0.2, 0.25) is 0 Å². The van der Waals surface area contributed by atoms with Gasteiger partial charge in [-0.05, 0) is 11.1 Å². The van der Waals surface area contributed by atoms with Gasteiger partial charge < -0.3 is 9.53 Å². The molecule has 0 aliphatic carbocycles. The Balaban J connectivity index is 0.000000774. The van der Waals surface area contributed by atoms with Crippen molar-refractivity contribution in [3.63, 3.8) is 0 Å². The van der Waals surface area contributed by atoms with E-state index in [0.29, 0.717) is 12.1 Å². The maximum absolute atomic E-state index is 8.00. The summed E-state index contributed by atoms with van der Waals surface area (Å²) in [7, 11) is 1.79. The molecular formula is C18H21NO2. The fourth-order valence-corrected chi connectivity index (χ4v) is 2.71. The number of methoxy groups -OCH3 is 1. The molecule has 1 saturated heterocycles. The molecule has 0 bridgehead atoms. The van der Waals surface area contributed by atoms with Crippen LogP contribution in [0.5, 0.6) is 0 Å². The van der Waals surface area contributed by atoms with Gasteiger partial charge in [-0.1, -0.05) is 60.7 Å². The molecule has 0 radical (unpaired) electrons. The molecule has 1 aliphatic heterocycles. The Kier molecular flexibility index (Phi) is 5.67. The molecular weight excluding hydrogens is 262 g/mol. The number of nitrogens with zero attached hydrogens (tertiary/aromatic N) is 1. The van der Waals surface area contributed by atoms with Gasteiger partial charge in [-0.15, -0.1) is 0 Å². The van der Waals surface area contributed by atoms with E-state index in [-0.39, 0.29) is 0 Å². The lowest BCUT2D eigenvalue weighted by atomic mass is 9.94. The zero-order valence-electron chi connectivity index (χ0n) is 12.3. The number of likely N-dealkylation sites (tertiary alicyclic amines) is 1. The monoisotopic (exact) mass is 283 g/mol. The molecule has 0 atom stereocenters. The third kappa shape index (κ3) is 3.57. The molecule has 0 unspecified atom stereocenters. The Morgan fingerprint density at radius 2 is 1.38 bits per heavy atom. The topological polar surface area (TPSA) is 29.5 Å². The van der Waals surface area contributed by atoms with Crippen LogP contribution in [0.3, 0.4) is 0 Å². The smallest absolute Gasteiger partial charge is 0.106 e. The van der Waals surface area contributed by atoms with E-state index in [1.807, 2.05) is 6.79 Å². The SMILES string of the molecule is C=O.COC1CN(C(c2ccccc2)c2ccccc2)C1. The molecule has 1 heterocycles. The quantitative estimate of drug-likeness (QED) is 0.864. The lowest BCUT2D eigenvalue weighted by Gasteiger charge is -2.44. The van der Waals surface area contributed by atoms with Gasteiger partial charge in [-0.2, -0.15) is 0 Å². The average molecular weight is 283 g/mol. The fraction of sp³-hybridized carbons (Fsp3) is 0.278. The van der Waals surface area contributed by atoms with Crippen molar-refractivity contribution >= 4 is 6.79 Å². The van der Waals surface area contributed by atoms with Crippen LogP contribution in [0.4, 0.5) is 0 Å². The first-order valence-electron chi connectivity index (χ1n) is 7.04. The summed E-state index contributed by atoms with van der Waals surface area (Å²) in [6, 6.07) is 21.7. The van der Waals surface area contributed by atoms with Crippen LogP contribution in [-0.4, -0.2) is 38.0 Å². The van der Waals surface area contributed by atoms with Gasteiger partial charge in [0.15, 0.2) is 0 Å². The van der Waals surface area contributed by atoms with Crippen molar-refractivity contribution in [2.45, 2.75) is 12.1 Å². The molecule has 110 valence electrons. The van der Waals surface area contributed by atoms with Gasteiger partial charge in [0.05, 0.1) is 12.1 Å². The third-order valence-electron chi connectivity index (χ3n) is 3.81. The van der Waals surface area contributed by atoms with Crippen LogP contribution in [0.15, 0.2) is 60.7 Å². The molecule has 3 heteroatoms. The molecule has 0 N–H and O–H groups in total. The molecule has 0 saturated carbocycles. The van der Waals surface area contributed by atoms with Crippen LogP contribution in [-0.2, 0) is 9.53 Å². The normalized spacial score (nSPS) is 15.1. The van der Waals surface area contributed by atoms with Gasteiger partial charge in [0.1, 0.15) is 6.79 Å². The Bertz CT molecular complexity index is 484. The van der Waals surface area contributed by atoms with Gasteiger partial charge >= 0.3 is 0 Å². The fourth-order valence-electron chi connectivity index (χ4n) is 2.71. The lowest BCUT2D eigenvalue weighted by molar-refractivity contribution is -0.0979. The van der Waals surface area contributed by atoms with E-state index in [2.05, 4.69) is 65.6 Å². The number of benzene rings is 2. The molecule has 21 heavy (non-hydrogen) atoms. The van der Waals surface area contributed by atoms with Crippen molar-refractivity contribution in [2.24, 2.45) is 0 Å². The molecule has 0 spiro atoms. The molecule has 0 aromatic heterocycles. The van der Waals surface area contributed by atoms with Gasteiger partial charge in [-0.25, -0.2) is 0 Å². The molecule has 1 fully saturated rings. The summed E-state index contributed by atoms with van der Waals surface area (Å²) in [6.45, 7) is 4.01. The molecule has 0 amide bonds. The van der Waals surface area contributed by atoms with Gasteiger partial charge in [-0.3, -0.25) is 4.90 Å². The number of ether oxygens (including phenoxy) is 1. The van der Waals surface area contributed by atoms with Gasteiger partial charge in [0, 0.05) is 20.2 Å². The second kappa shape index (κ2) is 7.72. The summed E-state index contributed by atoms with van der Waals surface area (Å²) in [5.74, 6) is 0. The Labute approximate surface area is 126 Å². The largest absolute Gasteiger partial charge is 0.379 e. The number of carbonyl (C=O) groups excluding carboxylic acids is 1. The van der Waals surface area contributed by atoms with Crippen LogP contribution in [0.25, 0.3) is 0 Å². The highest BCUT2D eigenvalue weighted by Crippen LogP contribution is 2.32. The van der Waals surface area contributed by atoms with E-state index < -0.39 is 0 Å². The maximum Gasteiger partial charge on any atom is 0.106 e. The first-order chi connectivity index (χ1) is 10.4. The molecule has 3 rings (SSSR count). The van der Waals surface area contributed by atoms with Crippen molar-refractivity contribution in [3.05, 3.63) is 71.8 Å². The van der Waals surface area contributed by atoms with E-state index in [4.69, 9.17) is 9.53 Å². The van der Waals surface area contributed by atoms with Crippen molar-refractivity contribution < 1.29 is 9.53 Å². The number of hydrogen-bond acceptors (Lipinski definition) is 3. The summed E-state index contributed by atoms with van der Waals surface area (Å²) >= 11 is 0. The standard InChI is InChI=1S/C17H19NO.CH2O/c1-19-16-12-18(13-16)17(14-8-4-2-5-9-14)15-10-6-3-7-11-15;1-2/h2-11,16-17H,12-13H2,1H3;1H2. The lowest BCUT2D eigenvalue weighted by Crippen LogP contribution is -2.53. The second-order valence-corrected chi connectivity index (χ2v) is 5.04. The highest BCUT2D eigenvalue weighted by atomic mass is 16.5. The molecule has 2 aromatic carbocycles. The Morgan fingerprint density at radius 1 is 0.952 bits per heavy atom. The second-order valence-electron chi connectivity index (χ2n) is 5.04. The Hall–Kier alpha value is -1.97. The molecule has 2 aromatic rings. The van der Waals surface area contributed by atoms with E-state index in [0.717, 1.165) is 13.1 Å². The highest BCUT2D eigenvalue weighted by Gasteiger charge is 2.33. The van der Waals surface area contributed by atoms with E-state index in [1.54, 1.807) is 7.11 Å². The first-order valence-corrected chi connectivity index (χ1v) is 7.04. The number of carbonyl (C=O) groups is 1. The third-order valence-corrected chi connectivity index (χ3v) is 3.81.